The van der Waals surface area contributed by atoms with Crippen molar-refractivity contribution < 1.29 is 4.43 Å². The first-order valence-electron chi connectivity index (χ1n) is 4.60. The van der Waals surface area contributed by atoms with E-state index >= 15 is 0 Å². The van der Waals surface area contributed by atoms with Crippen molar-refractivity contribution in [1.82, 2.24) is 0 Å². The summed E-state index contributed by atoms with van der Waals surface area (Å²) in [7, 11) is -1.56. The zero-order chi connectivity index (χ0) is 10.8. The summed E-state index contributed by atoms with van der Waals surface area (Å²) in [4.78, 5) is 0. The molecule has 0 bridgehead atoms. The van der Waals surface area contributed by atoms with E-state index in [-0.39, 0.29) is 0 Å². The maximum atomic E-state index is 5.88. The van der Waals surface area contributed by atoms with Crippen LogP contribution in [0.15, 0.2) is 18.2 Å². The molecule has 0 aliphatic carbocycles. The molecule has 0 saturated carbocycles. The second-order valence-corrected chi connectivity index (χ2v) is 9.04. The molecule has 1 aromatic rings. The third kappa shape index (κ3) is 3.33. The van der Waals surface area contributed by atoms with Crippen molar-refractivity contribution in [2.75, 3.05) is 0 Å². The van der Waals surface area contributed by atoms with E-state index in [1.807, 2.05) is 18.2 Å². The van der Waals surface area contributed by atoms with Crippen LogP contribution in [0.3, 0.4) is 0 Å². The lowest BCUT2D eigenvalue weighted by molar-refractivity contribution is 0.549. The average molecular weight is 230 g/mol. The molecule has 0 spiro atoms. The van der Waals surface area contributed by atoms with E-state index in [9.17, 15) is 0 Å². The summed E-state index contributed by atoms with van der Waals surface area (Å²) in [6.45, 7) is 6.88. The first-order valence-corrected chi connectivity index (χ1v) is 8.38. The second-order valence-electron chi connectivity index (χ2n) is 4.17. The Hall–Kier alpha value is -0.513. The van der Waals surface area contributed by atoms with Crippen molar-refractivity contribution >= 4 is 19.9 Å². The van der Waals surface area contributed by atoms with Gasteiger partial charge >= 0.3 is 0 Å². The van der Waals surface area contributed by atoms with Crippen molar-refractivity contribution in [3.05, 3.63) is 28.8 Å². The fraction of sp³-hybridized carbons (Fsp3) is 0.400. The number of nitrogens with two attached hydrogens (primary N) is 1. The molecule has 2 N–H and O–H groups in total. The Morgan fingerprint density at radius 3 is 2.50 bits per heavy atom. The minimum atomic E-state index is -1.56. The van der Waals surface area contributed by atoms with Gasteiger partial charge in [0, 0.05) is 17.1 Å². The third-order valence-electron chi connectivity index (χ3n) is 1.66. The lowest BCUT2D eigenvalue weighted by Gasteiger charge is -2.21. The summed E-state index contributed by atoms with van der Waals surface area (Å²) in [6.07, 6.45) is 0. The molecule has 0 amide bonds. The topological polar surface area (TPSA) is 35.2 Å². The van der Waals surface area contributed by atoms with Crippen LogP contribution in [-0.4, -0.2) is 8.32 Å². The Morgan fingerprint density at radius 1 is 1.36 bits per heavy atom. The summed E-state index contributed by atoms with van der Waals surface area (Å²) in [5.74, 6) is 0.871. The van der Waals surface area contributed by atoms with Gasteiger partial charge in [0.2, 0.25) is 8.32 Å². The molecule has 1 rings (SSSR count). The van der Waals surface area contributed by atoms with E-state index in [2.05, 4.69) is 19.6 Å². The maximum Gasteiger partial charge on any atom is 0.242 e. The van der Waals surface area contributed by atoms with E-state index in [0.29, 0.717) is 11.6 Å². The van der Waals surface area contributed by atoms with E-state index < -0.39 is 8.32 Å². The van der Waals surface area contributed by atoms with Crippen LogP contribution in [-0.2, 0) is 6.54 Å². The van der Waals surface area contributed by atoms with E-state index in [0.717, 1.165) is 11.3 Å². The fourth-order valence-electron chi connectivity index (χ4n) is 1.14. The molecule has 0 atom stereocenters. The van der Waals surface area contributed by atoms with Gasteiger partial charge in [-0.2, -0.15) is 0 Å². The standard InChI is InChI=1S/C10H16ClNOSi/c1-14(2,3)13-10-5-4-9(11)6-8(10)7-12/h4-6H,7,12H2,1-3H3. The Morgan fingerprint density at radius 2 is 2.00 bits per heavy atom. The summed E-state index contributed by atoms with van der Waals surface area (Å²) >= 11 is 5.87. The predicted octanol–water partition coefficient (Wildman–Crippen LogP) is 3.01. The van der Waals surface area contributed by atoms with Gasteiger partial charge in [0.15, 0.2) is 0 Å². The van der Waals surface area contributed by atoms with Crippen LogP contribution in [0, 0.1) is 0 Å². The van der Waals surface area contributed by atoms with Crippen LogP contribution in [0.2, 0.25) is 24.7 Å². The zero-order valence-electron chi connectivity index (χ0n) is 8.80. The number of rotatable bonds is 3. The van der Waals surface area contributed by atoms with Crippen molar-refractivity contribution in [3.8, 4) is 5.75 Å². The molecule has 14 heavy (non-hydrogen) atoms. The molecule has 0 saturated heterocycles. The highest BCUT2D eigenvalue weighted by atomic mass is 35.5. The second kappa shape index (κ2) is 4.34. The summed E-state index contributed by atoms with van der Waals surface area (Å²) in [5.41, 5.74) is 6.59. The Kier molecular flexibility index (Phi) is 3.58. The monoisotopic (exact) mass is 229 g/mol. The predicted molar refractivity (Wildman–Crippen MR) is 63.3 cm³/mol. The molecule has 0 fully saturated rings. The molecule has 0 heterocycles. The minimum Gasteiger partial charge on any atom is -0.544 e. The summed E-state index contributed by atoms with van der Waals surface area (Å²) in [5, 5.41) is 0.702. The average Bonchev–Trinajstić information content (AvgIpc) is 2.06. The number of benzene rings is 1. The van der Waals surface area contributed by atoms with Crippen molar-refractivity contribution in [2.24, 2.45) is 5.73 Å². The molecule has 1 aromatic carbocycles. The van der Waals surface area contributed by atoms with Gasteiger partial charge in [-0.25, -0.2) is 0 Å². The first-order chi connectivity index (χ1) is 6.42. The Labute approximate surface area is 91.2 Å². The lowest BCUT2D eigenvalue weighted by Crippen LogP contribution is -2.29. The van der Waals surface area contributed by atoms with E-state index in [1.54, 1.807) is 0 Å². The number of hydrogen-bond donors (Lipinski definition) is 1. The van der Waals surface area contributed by atoms with E-state index in [1.165, 1.54) is 0 Å². The lowest BCUT2D eigenvalue weighted by atomic mass is 10.2. The maximum absolute atomic E-state index is 5.88. The van der Waals surface area contributed by atoms with Crippen LogP contribution >= 0.6 is 11.6 Å². The molecule has 0 aromatic heterocycles. The van der Waals surface area contributed by atoms with E-state index in [4.69, 9.17) is 21.8 Å². The number of halogens is 1. The van der Waals surface area contributed by atoms with Gasteiger partial charge in [0.1, 0.15) is 5.75 Å². The van der Waals surface area contributed by atoms with Crippen LogP contribution in [0.1, 0.15) is 5.56 Å². The summed E-state index contributed by atoms with van der Waals surface area (Å²) < 4.78 is 5.88. The Balaban J connectivity index is 2.97. The molecule has 78 valence electrons. The number of hydrogen-bond acceptors (Lipinski definition) is 2. The molecule has 0 aliphatic rings. The zero-order valence-corrected chi connectivity index (χ0v) is 10.6. The first kappa shape index (κ1) is 11.6. The largest absolute Gasteiger partial charge is 0.544 e. The highest BCUT2D eigenvalue weighted by molar-refractivity contribution is 6.70. The van der Waals surface area contributed by atoms with Crippen molar-refractivity contribution in [3.63, 3.8) is 0 Å². The fourth-order valence-corrected chi connectivity index (χ4v) is 2.19. The molecule has 4 heteroatoms. The van der Waals surface area contributed by atoms with Crippen LogP contribution in [0.4, 0.5) is 0 Å². The van der Waals surface area contributed by atoms with Gasteiger partial charge in [-0.3, -0.25) is 0 Å². The SMILES string of the molecule is C[Si](C)(C)Oc1ccc(Cl)cc1CN. The van der Waals surface area contributed by atoms with Crippen LogP contribution in [0.5, 0.6) is 5.75 Å². The van der Waals surface area contributed by atoms with Gasteiger partial charge in [-0.05, 0) is 37.8 Å². The van der Waals surface area contributed by atoms with Crippen molar-refractivity contribution in [2.45, 2.75) is 26.2 Å². The molecule has 0 aliphatic heterocycles. The molecule has 0 unspecified atom stereocenters. The van der Waals surface area contributed by atoms with Gasteiger partial charge in [-0.1, -0.05) is 11.6 Å². The smallest absolute Gasteiger partial charge is 0.242 e. The van der Waals surface area contributed by atoms with Crippen LogP contribution < -0.4 is 10.2 Å². The van der Waals surface area contributed by atoms with Gasteiger partial charge in [0.25, 0.3) is 0 Å². The van der Waals surface area contributed by atoms with Gasteiger partial charge < -0.3 is 10.2 Å². The minimum absolute atomic E-state index is 0.459. The highest BCUT2D eigenvalue weighted by Crippen LogP contribution is 2.24. The normalized spacial score (nSPS) is 11.5. The van der Waals surface area contributed by atoms with Crippen molar-refractivity contribution in [1.29, 1.82) is 0 Å². The molecule has 2 nitrogen and oxygen atoms in total. The highest BCUT2D eigenvalue weighted by Gasteiger charge is 2.17. The molecular formula is C10H16ClNOSi. The van der Waals surface area contributed by atoms with Crippen LogP contribution in [0.25, 0.3) is 0 Å². The molecule has 0 radical (unpaired) electrons. The Bertz CT molecular complexity index is 322. The third-order valence-corrected chi connectivity index (χ3v) is 2.73. The molecular weight excluding hydrogens is 214 g/mol. The van der Waals surface area contributed by atoms with Gasteiger partial charge in [-0.15, -0.1) is 0 Å². The summed E-state index contributed by atoms with van der Waals surface area (Å²) in [6, 6.07) is 5.58. The quantitative estimate of drug-likeness (QED) is 0.809. The van der Waals surface area contributed by atoms with Gasteiger partial charge in [0.05, 0.1) is 0 Å².